The fourth-order valence-electron chi connectivity index (χ4n) is 2.01. The molecule has 0 aromatic heterocycles. The zero-order valence-corrected chi connectivity index (χ0v) is 11.1. The molecule has 1 atom stereocenters. The number of nitrogens with one attached hydrogen (secondary N) is 1. The average Bonchev–Trinajstić information content (AvgIpc) is 2.48. The maximum atomic E-state index is 11.6. The van der Waals surface area contributed by atoms with Crippen molar-refractivity contribution in [1.29, 1.82) is 0 Å². The zero-order chi connectivity index (χ0) is 13.5. The number of carbonyl (C=O) groups is 1. The summed E-state index contributed by atoms with van der Waals surface area (Å²) >= 11 is 0. The fourth-order valence-corrected chi connectivity index (χ4v) is 2.01. The van der Waals surface area contributed by atoms with Crippen molar-refractivity contribution in [1.82, 2.24) is 5.32 Å². The van der Waals surface area contributed by atoms with Crippen molar-refractivity contribution < 1.29 is 19.0 Å². The third kappa shape index (κ3) is 4.02. The minimum absolute atomic E-state index is 0.0824. The lowest BCUT2D eigenvalue weighted by Crippen LogP contribution is -2.37. The van der Waals surface area contributed by atoms with Crippen molar-refractivity contribution >= 4 is 5.97 Å². The molecule has 1 heterocycles. The summed E-state index contributed by atoms with van der Waals surface area (Å²) in [7, 11) is 1.39. The Morgan fingerprint density at radius 2 is 2.26 bits per heavy atom. The van der Waals surface area contributed by atoms with Crippen LogP contribution in [0.1, 0.15) is 15.9 Å². The highest BCUT2D eigenvalue weighted by atomic mass is 16.6. The van der Waals surface area contributed by atoms with Crippen molar-refractivity contribution in [2.75, 3.05) is 33.5 Å². The molecule has 0 radical (unpaired) electrons. The molecule has 104 valence electrons. The van der Waals surface area contributed by atoms with Crippen molar-refractivity contribution in [3.63, 3.8) is 0 Å². The van der Waals surface area contributed by atoms with Crippen LogP contribution in [0.5, 0.6) is 0 Å². The summed E-state index contributed by atoms with van der Waals surface area (Å²) in [5.41, 5.74) is 1.52. The Balaban J connectivity index is 1.86. The maximum Gasteiger partial charge on any atom is 0.338 e. The lowest BCUT2D eigenvalue weighted by atomic mass is 10.1. The quantitative estimate of drug-likeness (QED) is 0.804. The summed E-state index contributed by atoms with van der Waals surface area (Å²) < 4.78 is 15.6. The first-order valence-corrected chi connectivity index (χ1v) is 6.37. The van der Waals surface area contributed by atoms with Crippen LogP contribution >= 0.6 is 0 Å². The summed E-state index contributed by atoms with van der Waals surface area (Å²) in [4.78, 5) is 11.6. The number of ether oxygens (including phenoxy) is 3. The largest absolute Gasteiger partial charge is 0.465 e. The monoisotopic (exact) mass is 265 g/mol. The van der Waals surface area contributed by atoms with E-state index >= 15 is 0 Å². The van der Waals surface area contributed by atoms with Crippen LogP contribution < -0.4 is 5.32 Å². The summed E-state index contributed by atoms with van der Waals surface area (Å²) in [6.07, 6.45) is 0.0824. The molecule has 0 amide bonds. The molecular formula is C14H19NO4. The predicted molar refractivity (Wildman–Crippen MR) is 70.0 cm³/mol. The number of carbonyl (C=O) groups excluding carboxylic acids is 1. The first-order valence-electron chi connectivity index (χ1n) is 6.37. The molecule has 1 fully saturated rings. The first kappa shape index (κ1) is 14.0. The van der Waals surface area contributed by atoms with Gasteiger partial charge in [-0.15, -0.1) is 0 Å². The number of esters is 1. The Morgan fingerprint density at radius 3 is 3.00 bits per heavy atom. The SMILES string of the molecule is COC(=O)c1ccccc1CNCC1COCCO1. The average molecular weight is 265 g/mol. The topological polar surface area (TPSA) is 56.8 Å². The maximum absolute atomic E-state index is 11.6. The second kappa shape index (κ2) is 7.23. The Morgan fingerprint density at radius 1 is 1.42 bits per heavy atom. The third-order valence-corrected chi connectivity index (χ3v) is 3.00. The van der Waals surface area contributed by atoms with Crippen LogP contribution in [0.2, 0.25) is 0 Å². The van der Waals surface area contributed by atoms with Crippen LogP contribution in [0, 0.1) is 0 Å². The molecule has 1 aromatic rings. The molecule has 1 saturated heterocycles. The lowest BCUT2D eigenvalue weighted by molar-refractivity contribution is -0.0864. The van der Waals surface area contributed by atoms with E-state index in [0.29, 0.717) is 38.5 Å². The van der Waals surface area contributed by atoms with Gasteiger partial charge in [0.05, 0.1) is 38.6 Å². The van der Waals surface area contributed by atoms with Gasteiger partial charge in [0.25, 0.3) is 0 Å². The van der Waals surface area contributed by atoms with Crippen molar-refractivity contribution in [2.45, 2.75) is 12.6 Å². The highest BCUT2D eigenvalue weighted by molar-refractivity contribution is 5.90. The highest BCUT2D eigenvalue weighted by Crippen LogP contribution is 2.10. The molecule has 1 N–H and O–H groups in total. The van der Waals surface area contributed by atoms with Gasteiger partial charge < -0.3 is 19.5 Å². The minimum atomic E-state index is -0.311. The molecule has 0 spiro atoms. The van der Waals surface area contributed by atoms with Gasteiger partial charge in [-0.3, -0.25) is 0 Å². The molecule has 5 nitrogen and oxygen atoms in total. The van der Waals surface area contributed by atoms with Crippen LogP contribution in [0.3, 0.4) is 0 Å². The Bertz CT molecular complexity index is 416. The van der Waals surface area contributed by atoms with Gasteiger partial charge in [-0.2, -0.15) is 0 Å². The third-order valence-electron chi connectivity index (χ3n) is 3.00. The lowest BCUT2D eigenvalue weighted by Gasteiger charge is -2.23. The summed E-state index contributed by atoms with van der Waals surface area (Å²) in [5, 5.41) is 3.28. The van der Waals surface area contributed by atoms with Gasteiger partial charge in [-0.1, -0.05) is 18.2 Å². The van der Waals surface area contributed by atoms with E-state index < -0.39 is 0 Å². The molecule has 1 aliphatic heterocycles. The summed E-state index contributed by atoms with van der Waals surface area (Å²) in [5.74, 6) is -0.311. The Hall–Kier alpha value is -1.43. The molecule has 0 saturated carbocycles. The zero-order valence-electron chi connectivity index (χ0n) is 11.1. The number of benzene rings is 1. The van der Waals surface area contributed by atoms with E-state index in [1.165, 1.54) is 7.11 Å². The van der Waals surface area contributed by atoms with E-state index in [1.54, 1.807) is 6.07 Å². The second-order valence-corrected chi connectivity index (χ2v) is 4.35. The molecule has 1 aliphatic rings. The van der Waals surface area contributed by atoms with E-state index in [2.05, 4.69) is 5.32 Å². The van der Waals surface area contributed by atoms with E-state index in [-0.39, 0.29) is 12.1 Å². The van der Waals surface area contributed by atoms with Crippen molar-refractivity contribution in [3.05, 3.63) is 35.4 Å². The predicted octanol–water partition coefficient (Wildman–Crippen LogP) is 0.978. The van der Waals surface area contributed by atoms with Crippen LogP contribution in [-0.4, -0.2) is 45.5 Å². The van der Waals surface area contributed by atoms with Gasteiger partial charge in [-0.25, -0.2) is 4.79 Å². The molecule has 1 aromatic carbocycles. The molecule has 0 aliphatic carbocycles. The van der Waals surface area contributed by atoms with Crippen molar-refractivity contribution in [3.8, 4) is 0 Å². The molecule has 0 bridgehead atoms. The van der Waals surface area contributed by atoms with Gasteiger partial charge in [0.1, 0.15) is 0 Å². The van der Waals surface area contributed by atoms with Crippen LogP contribution in [0.15, 0.2) is 24.3 Å². The molecule has 19 heavy (non-hydrogen) atoms. The van der Waals surface area contributed by atoms with Crippen molar-refractivity contribution in [2.24, 2.45) is 0 Å². The standard InChI is InChI=1S/C14H19NO4/c1-17-14(16)13-5-3-2-4-11(13)8-15-9-12-10-18-6-7-19-12/h2-5,12,15H,6-10H2,1H3. The fraction of sp³-hybridized carbons (Fsp3) is 0.500. The van der Waals surface area contributed by atoms with Gasteiger partial charge >= 0.3 is 5.97 Å². The Labute approximate surface area is 112 Å². The molecular weight excluding hydrogens is 246 g/mol. The van der Waals surface area contributed by atoms with Crippen LogP contribution in [0.25, 0.3) is 0 Å². The first-order chi connectivity index (χ1) is 9.31. The highest BCUT2D eigenvalue weighted by Gasteiger charge is 2.15. The molecule has 2 rings (SSSR count). The smallest absolute Gasteiger partial charge is 0.338 e. The minimum Gasteiger partial charge on any atom is -0.465 e. The van der Waals surface area contributed by atoms with Gasteiger partial charge in [0, 0.05) is 13.1 Å². The summed E-state index contributed by atoms with van der Waals surface area (Å²) in [6.45, 7) is 3.24. The number of hydrogen-bond donors (Lipinski definition) is 1. The van der Waals surface area contributed by atoms with Gasteiger partial charge in [0.2, 0.25) is 0 Å². The van der Waals surface area contributed by atoms with E-state index in [4.69, 9.17) is 14.2 Å². The van der Waals surface area contributed by atoms with Crippen LogP contribution in [-0.2, 0) is 20.8 Å². The second-order valence-electron chi connectivity index (χ2n) is 4.35. The van der Waals surface area contributed by atoms with E-state index in [1.807, 2.05) is 18.2 Å². The molecule has 1 unspecified atom stereocenters. The normalized spacial score (nSPS) is 19.1. The van der Waals surface area contributed by atoms with Gasteiger partial charge in [-0.05, 0) is 11.6 Å². The van der Waals surface area contributed by atoms with E-state index in [9.17, 15) is 4.79 Å². The number of hydrogen-bond acceptors (Lipinski definition) is 5. The summed E-state index contributed by atoms with van der Waals surface area (Å²) in [6, 6.07) is 7.41. The van der Waals surface area contributed by atoms with Gasteiger partial charge in [0.15, 0.2) is 0 Å². The Kier molecular flexibility index (Phi) is 5.32. The van der Waals surface area contributed by atoms with E-state index in [0.717, 1.165) is 5.56 Å². The molecule has 5 heteroatoms. The number of rotatable bonds is 5. The number of methoxy groups -OCH3 is 1. The van der Waals surface area contributed by atoms with Crippen LogP contribution in [0.4, 0.5) is 0 Å².